The highest BCUT2D eigenvalue weighted by atomic mass is 16.5. The van der Waals surface area contributed by atoms with Gasteiger partial charge in [-0.1, -0.05) is 69.9 Å². The monoisotopic (exact) mass is 354 g/mol. The molecule has 1 atom stereocenters. The van der Waals surface area contributed by atoms with Crippen molar-refractivity contribution in [3.8, 4) is 16.9 Å². The Balaban J connectivity index is 2.15. The van der Waals surface area contributed by atoms with Crippen molar-refractivity contribution in [3.63, 3.8) is 0 Å². The van der Waals surface area contributed by atoms with Crippen molar-refractivity contribution in [2.24, 2.45) is 0 Å². The maximum absolute atomic E-state index is 11.7. The van der Waals surface area contributed by atoms with Gasteiger partial charge in [-0.3, -0.25) is 0 Å². The summed E-state index contributed by atoms with van der Waals surface area (Å²) in [6.45, 7) is 4.37. The molecule has 140 valence electrons. The van der Waals surface area contributed by atoms with Crippen molar-refractivity contribution in [2.75, 3.05) is 0 Å². The Labute approximate surface area is 157 Å². The number of ether oxygens (including phenoxy) is 1. The molecule has 0 spiro atoms. The lowest BCUT2D eigenvalue weighted by Crippen LogP contribution is -2.16. The van der Waals surface area contributed by atoms with Crippen LogP contribution in [0.2, 0.25) is 0 Å². The number of carboxylic acids is 1. The molecule has 0 radical (unpaired) electrons. The Morgan fingerprint density at radius 1 is 0.962 bits per heavy atom. The molecule has 1 unspecified atom stereocenters. The van der Waals surface area contributed by atoms with Crippen LogP contribution in [0.4, 0.5) is 0 Å². The van der Waals surface area contributed by atoms with Gasteiger partial charge in [0.2, 0.25) is 0 Å². The van der Waals surface area contributed by atoms with Crippen molar-refractivity contribution in [3.05, 3.63) is 54.1 Å². The zero-order chi connectivity index (χ0) is 18.8. The second-order valence-corrected chi connectivity index (χ2v) is 6.76. The maximum Gasteiger partial charge on any atom is 0.336 e. The van der Waals surface area contributed by atoms with E-state index in [1.165, 1.54) is 19.3 Å². The third-order valence-corrected chi connectivity index (χ3v) is 4.60. The first-order chi connectivity index (χ1) is 12.7. The summed E-state index contributed by atoms with van der Waals surface area (Å²) >= 11 is 0. The lowest BCUT2D eigenvalue weighted by Gasteiger charge is -2.19. The van der Waals surface area contributed by atoms with Crippen LogP contribution in [0.1, 0.15) is 69.2 Å². The van der Waals surface area contributed by atoms with E-state index in [1.807, 2.05) is 42.5 Å². The number of rotatable bonds is 11. The molecular formula is C23H30O3. The van der Waals surface area contributed by atoms with Gasteiger partial charge >= 0.3 is 5.97 Å². The molecule has 0 saturated carbocycles. The lowest BCUT2D eigenvalue weighted by atomic mass is 9.99. The molecule has 0 aliphatic heterocycles. The fourth-order valence-corrected chi connectivity index (χ4v) is 3.22. The van der Waals surface area contributed by atoms with Crippen molar-refractivity contribution < 1.29 is 14.6 Å². The Bertz CT molecular complexity index is 679. The summed E-state index contributed by atoms with van der Waals surface area (Å²) in [7, 11) is 0. The number of hydrogen-bond acceptors (Lipinski definition) is 2. The van der Waals surface area contributed by atoms with Crippen LogP contribution in [0.25, 0.3) is 11.1 Å². The first-order valence-electron chi connectivity index (χ1n) is 9.75. The van der Waals surface area contributed by atoms with E-state index in [-0.39, 0.29) is 11.7 Å². The highest BCUT2D eigenvalue weighted by Crippen LogP contribution is 2.29. The van der Waals surface area contributed by atoms with Crippen LogP contribution in [0.15, 0.2) is 48.5 Å². The largest absolute Gasteiger partial charge is 0.490 e. The number of unbranched alkanes of at least 4 members (excludes halogenated alkanes) is 3. The molecule has 0 saturated heterocycles. The van der Waals surface area contributed by atoms with Gasteiger partial charge in [0, 0.05) is 0 Å². The van der Waals surface area contributed by atoms with Crippen LogP contribution in [0.5, 0.6) is 5.75 Å². The predicted molar refractivity (Wildman–Crippen MR) is 107 cm³/mol. The molecule has 0 heterocycles. The quantitative estimate of drug-likeness (QED) is 0.464. The third-order valence-electron chi connectivity index (χ3n) is 4.60. The Morgan fingerprint density at radius 2 is 1.73 bits per heavy atom. The van der Waals surface area contributed by atoms with E-state index in [9.17, 15) is 9.90 Å². The highest BCUT2D eigenvalue weighted by molar-refractivity contribution is 5.96. The fraction of sp³-hybridized carbons (Fsp3) is 0.435. The molecular weight excluding hydrogens is 324 g/mol. The molecule has 3 heteroatoms. The SMILES string of the molecule is CCCCCCC(CCC)Oc1ccc(-c2ccccc2)c(C(=O)O)c1. The Hall–Kier alpha value is -2.29. The second-order valence-electron chi connectivity index (χ2n) is 6.76. The van der Waals surface area contributed by atoms with E-state index >= 15 is 0 Å². The van der Waals surface area contributed by atoms with E-state index in [4.69, 9.17) is 4.74 Å². The summed E-state index contributed by atoms with van der Waals surface area (Å²) in [4.78, 5) is 11.7. The molecule has 0 aromatic heterocycles. The van der Waals surface area contributed by atoms with Gasteiger partial charge in [-0.25, -0.2) is 4.79 Å². The summed E-state index contributed by atoms with van der Waals surface area (Å²) in [5.74, 6) is -0.277. The number of benzene rings is 2. The molecule has 2 aromatic rings. The van der Waals surface area contributed by atoms with Gasteiger partial charge in [-0.15, -0.1) is 0 Å². The first-order valence-corrected chi connectivity index (χ1v) is 9.75. The number of aromatic carboxylic acids is 1. The standard InChI is InChI=1S/C23H30O3/c1-3-5-6-10-14-19(11-4-2)26-20-15-16-21(22(17-20)23(24)25)18-12-8-7-9-13-18/h7-9,12-13,15-17,19H,3-6,10-11,14H2,1-2H3,(H,24,25). The molecule has 3 nitrogen and oxygen atoms in total. The molecule has 0 fully saturated rings. The van der Waals surface area contributed by atoms with Gasteiger partial charge in [0.1, 0.15) is 5.75 Å². The lowest BCUT2D eigenvalue weighted by molar-refractivity contribution is 0.0696. The summed E-state index contributed by atoms with van der Waals surface area (Å²) < 4.78 is 6.15. The minimum absolute atomic E-state index is 0.154. The summed E-state index contributed by atoms with van der Waals surface area (Å²) in [6, 6.07) is 15.0. The smallest absolute Gasteiger partial charge is 0.336 e. The Morgan fingerprint density at radius 3 is 2.38 bits per heavy atom. The molecule has 26 heavy (non-hydrogen) atoms. The minimum atomic E-state index is -0.927. The van der Waals surface area contributed by atoms with Crippen LogP contribution < -0.4 is 4.74 Å². The molecule has 1 N–H and O–H groups in total. The average molecular weight is 354 g/mol. The van der Waals surface area contributed by atoms with E-state index < -0.39 is 5.97 Å². The topological polar surface area (TPSA) is 46.5 Å². The summed E-state index contributed by atoms with van der Waals surface area (Å²) in [5, 5.41) is 9.63. The van der Waals surface area contributed by atoms with Crippen LogP contribution in [0, 0.1) is 0 Å². The van der Waals surface area contributed by atoms with Crippen molar-refractivity contribution in [2.45, 2.75) is 64.9 Å². The zero-order valence-electron chi connectivity index (χ0n) is 15.9. The molecule has 2 rings (SSSR count). The highest BCUT2D eigenvalue weighted by Gasteiger charge is 2.15. The molecule has 0 bridgehead atoms. The fourth-order valence-electron chi connectivity index (χ4n) is 3.22. The molecule has 0 aliphatic rings. The van der Waals surface area contributed by atoms with E-state index in [2.05, 4.69) is 13.8 Å². The van der Waals surface area contributed by atoms with Crippen molar-refractivity contribution in [1.29, 1.82) is 0 Å². The minimum Gasteiger partial charge on any atom is -0.490 e. The summed E-state index contributed by atoms with van der Waals surface area (Å²) in [6.07, 6.45) is 8.11. The van der Waals surface area contributed by atoms with Gasteiger partial charge < -0.3 is 9.84 Å². The van der Waals surface area contributed by atoms with E-state index in [0.717, 1.165) is 36.8 Å². The van der Waals surface area contributed by atoms with Crippen molar-refractivity contribution >= 4 is 5.97 Å². The third kappa shape index (κ3) is 5.91. The molecule has 2 aromatic carbocycles. The molecule has 0 amide bonds. The second kappa shape index (κ2) is 10.6. The van der Waals surface area contributed by atoms with E-state index in [0.29, 0.717) is 5.75 Å². The van der Waals surface area contributed by atoms with E-state index in [1.54, 1.807) is 6.07 Å². The molecule has 0 aliphatic carbocycles. The van der Waals surface area contributed by atoms with Crippen molar-refractivity contribution in [1.82, 2.24) is 0 Å². The maximum atomic E-state index is 11.7. The van der Waals surface area contributed by atoms with Gasteiger partial charge in [0.15, 0.2) is 0 Å². The Kier molecular flexibility index (Phi) is 8.20. The average Bonchev–Trinajstić information content (AvgIpc) is 2.66. The number of carbonyl (C=O) groups is 1. The van der Waals surface area contributed by atoms with Gasteiger partial charge in [-0.2, -0.15) is 0 Å². The van der Waals surface area contributed by atoms with Gasteiger partial charge in [-0.05, 0) is 48.6 Å². The first kappa shape index (κ1) is 20.0. The van der Waals surface area contributed by atoms with Crippen LogP contribution in [-0.2, 0) is 0 Å². The van der Waals surface area contributed by atoms with Crippen LogP contribution in [-0.4, -0.2) is 17.2 Å². The van der Waals surface area contributed by atoms with Crippen LogP contribution >= 0.6 is 0 Å². The van der Waals surface area contributed by atoms with Gasteiger partial charge in [0.25, 0.3) is 0 Å². The van der Waals surface area contributed by atoms with Gasteiger partial charge in [0.05, 0.1) is 11.7 Å². The number of carboxylic acid groups (broad SMARTS) is 1. The normalized spacial score (nSPS) is 11.9. The predicted octanol–water partition coefficient (Wildman–Crippen LogP) is 6.57. The zero-order valence-corrected chi connectivity index (χ0v) is 15.9. The van der Waals surface area contributed by atoms with Crippen LogP contribution in [0.3, 0.4) is 0 Å². The number of hydrogen-bond donors (Lipinski definition) is 1. The summed E-state index contributed by atoms with van der Waals surface area (Å²) in [5.41, 5.74) is 1.91.